The summed E-state index contributed by atoms with van der Waals surface area (Å²) in [5.74, 6) is 0.343. The van der Waals surface area contributed by atoms with Crippen molar-refractivity contribution in [3.05, 3.63) is 18.2 Å². The molecule has 1 aromatic rings. The Morgan fingerprint density at radius 1 is 1.43 bits per heavy atom. The molecule has 0 radical (unpaired) electrons. The summed E-state index contributed by atoms with van der Waals surface area (Å²) in [6.07, 6.45) is 2.60. The molecule has 2 aliphatic rings. The Hall–Kier alpha value is -0.870. The minimum absolute atomic E-state index is 0.343. The monoisotopic (exact) mass is 208 g/mol. The Kier molecular flexibility index (Phi) is 1.85. The first-order chi connectivity index (χ1) is 6.84. The fraction of sp³-hybridized carbons (Fsp3) is 0.400. The SMILES string of the molecule is Oc1ccc2c(c1)SNCN2C1CC1. The van der Waals surface area contributed by atoms with E-state index in [4.69, 9.17) is 0 Å². The van der Waals surface area contributed by atoms with Gasteiger partial charge in [0.15, 0.2) is 0 Å². The van der Waals surface area contributed by atoms with Gasteiger partial charge < -0.3 is 10.0 Å². The lowest BCUT2D eigenvalue weighted by Gasteiger charge is -2.31. The number of phenolic OH excluding ortho intramolecular Hbond substituents is 1. The number of anilines is 1. The summed E-state index contributed by atoms with van der Waals surface area (Å²) >= 11 is 1.60. The highest BCUT2D eigenvalue weighted by Crippen LogP contribution is 2.40. The molecule has 1 fully saturated rings. The molecule has 0 saturated heterocycles. The number of nitrogens with one attached hydrogen (secondary N) is 1. The normalized spacial score (nSPS) is 20.7. The van der Waals surface area contributed by atoms with Crippen molar-refractivity contribution in [1.29, 1.82) is 0 Å². The summed E-state index contributed by atoms with van der Waals surface area (Å²) in [6, 6.07) is 6.31. The molecule has 1 heterocycles. The van der Waals surface area contributed by atoms with E-state index in [9.17, 15) is 5.11 Å². The number of hydrogen-bond acceptors (Lipinski definition) is 4. The largest absolute Gasteiger partial charge is 0.508 e. The first kappa shape index (κ1) is 8.44. The molecule has 0 amide bonds. The summed E-state index contributed by atoms with van der Waals surface area (Å²) in [7, 11) is 0. The maximum Gasteiger partial charge on any atom is 0.116 e. The van der Waals surface area contributed by atoms with Gasteiger partial charge in [-0.05, 0) is 43.0 Å². The lowest BCUT2D eigenvalue weighted by atomic mass is 10.2. The Bertz CT molecular complexity index is 365. The summed E-state index contributed by atoms with van der Waals surface area (Å²) in [5, 5.41) is 9.37. The molecule has 74 valence electrons. The van der Waals surface area contributed by atoms with Crippen molar-refractivity contribution in [2.75, 3.05) is 11.6 Å². The molecule has 0 spiro atoms. The van der Waals surface area contributed by atoms with Crippen LogP contribution in [-0.4, -0.2) is 17.8 Å². The van der Waals surface area contributed by atoms with Gasteiger partial charge in [-0.25, -0.2) is 4.72 Å². The number of aromatic hydroxyl groups is 1. The molecular weight excluding hydrogens is 196 g/mol. The second-order valence-electron chi connectivity index (χ2n) is 3.76. The fourth-order valence-corrected chi connectivity index (χ4v) is 2.63. The van der Waals surface area contributed by atoms with Crippen LogP contribution in [0, 0.1) is 0 Å². The lowest BCUT2D eigenvalue weighted by molar-refractivity contribution is 0.473. The van der Waals surface area contributed by atoms with E-state index in [-0.39, 0.29) is 0 Å². The van der Waals surface area contributed by atoms with Crippen molar-refractivity contribution in [3.8, 4) is 5.75 Å². The average Bonchev–Trinajstić information content (AvgIpc) is 2.99. The third kappa shape index (κ3) is 1.35. The number of fused-ring (bicyclic) bond motifs is 1. The molecule has 2 N–H and O–H groups in total. The average molecular weight is 208 g/mol. The van der Waals surface area contributed by atoms with Gasteiger partial charge in [0.2, 0.25) is 0 Å². The van der Waals surface area contributed by atoms with E-state index >= 15 is 0 Å². The fourth-order valence-electron chi connectivity index (χ4n) is 1.80. The molecule has 0 bridgehead atoms. The molecule has 4 heteroatoms. The summed E-state index contributed by atoms with van der Waals surface area (Å²) in [4.78, 5) is 3.51. The van der Waals surface area contributed by atoms with E-state index in [0.29, 0.717) is 11.8 Å². The number of hydrogen-bond donors (Lipinski definition) is 2. The molecule has 1 saturated carbocycles. The van der Waals surface area contributed by atoms with E-state index in [1.54, 1.807) is 18.0 Å². The van der Waals surface area contributed by atoms with Gasteiger partial charge in [-0.1, -0.05) is 0 Å². The van der Waals surface area contributed by atoms with Crippen LogP contribution in [0.3, 0.4) is 0 Å². The van der Waals surface area contributed by atoms with E-state index in [1.165, 1.54) is 18.5 Å². The second kappa shape index (κ2) is 3.07. The van der Waals surface area contributed by atoms with Crippen LogP contribution in [-0.2, 0) is 0 Å². The van der Waals surface area contributed by atoms with Crippen molar-refractivity contribution in [1.82, 2.24) is 4.72 Å². The van der Waals surface area contributed by atoms with Crippen LogP contribution in [0.5, 0.6) is 5.75 Å². The highest BCUT2D eigenvalue weighted by atomic mass is 32.2. The predicted molar refractivity (Wildman–Crippen MR) is 57.5 cm³/mol. The molecule has 14 heavy (non-hydrogen) atoms. The van der Waals surface area contributed by atoms with Gasteiger partial charge in [-0.15, -0.1) is 0 Å². The first-order valence-corrected chi connectivity index (χ1v) is 5.65. The molecule has 0 aromatic heterocycles. The highest BCUT2D eigenvalue weighted by Gasteiger charge is 2.32. The molecular formula is C10H12N2OS. The van der Waals surface area contributed by atoms with Gasteiger partial charge in [0.25, 0.3) is 0 Å². The number of phenols is 1. The van der Waals surface area contributed by atoms with Crippen molar-refractivity contribution in [3.63, 3.8) is 0 Å². The maximum absolute atomic E-state index is 9.37. The standard InChI is InChI=1S/C10H12N2OS/c13-8-3-4-9-10(5-8)14-11-6-12(9)7-1-2-7/h3-5,7,11,13H,1-2,6H2. The van der Waals surface area contributed by atoms with Gasteiger partial charge >= 0.3 is 0 Å². The summed E-state index contributed by atoms with van der Waals surface area (Å²) in [5.41, 5.74) is 1.26. The van der Waals surface area contributed by atoms with E-state index in [1.807, 2.05) is 12.1 Å². The van der Waals surface area contributed by atoms with E-state index in [2.05, 4.69) is 9.62 Å². The quantitative estimate of drug-likeness (QED) is 0.691. The minimum Gasteiger partial charge on any atom is -0.508 e. The van der Waals surface area contributed by atoms with Crippen LogP contribution in [0.25, 0.3) is 0 Å². The summed E-state index contributed by atoms with van der Waals surface area (Å²) in [6.45, 7) is 0.910. The molecule has 0 unspecified atom stereocenters. The summed E-state index contributed by atoms with van der Waals surface area (Å²) < 4.78 is 3.27. The number of rotatable bonds is 1. The Morgan fingerprint density at radius 2 is 2.29 bits per heavy atom. The van der Waals surface area contributed by atoms with Crippen molar-refractivity contribution < 1.29 is 5.11 Å². The van der Waals surface area contributed by atoms with Crippen LogP contribution in [0.15, 0.2) is 23.1 Å². The van der Waals surface area contributed by atoms with Crippen LogP contribution in [0.1, 0.15) is 12.8 Å². The van der Waals surface area contributed by atoms with Crippen molar-refractivity contribution >= 4 is 17.6 Å². The van der Waals surface area contributed by atoms with Crippen LogP contribution in [0.4, 0.5) is 5.69 Å². The lowest BCUT2D eigenvalue weighted by Crippen LogP contribution is -2.36. The van der Waals surface area contributed by atoms with Crippen molar-refractivity contribution in [2.24, 2.45) is 0 Å². The molecule has 1 aliphatic heterocycles. The molecule has 1 aliphatic carbocycles. The third-order valence-corrected chi connectivity index (χ3v) is 3.48. The second-order valence-corrected chi connectivity index (χ2v) is 4.69. The van der Waals surface area contributed by atoms with Crippen LogP contribution in [0.2, 0.25) is 0 Å². The van der Waals surface area contributed by atoms with Crippen molar-refractivity contribution in [2.45, 2.75) is 23.8 Å². The first-order valence-electron chi connectivity index (χ1n) is 4.84. The Morgan fingerprint density at radius 3 is 3.07 bits per heavy atom. The minimum atomic E-state index is 0.343. The molecule has 1 aromatic carbocycles. The smallest absolute Gasteiger partial charge is 0.116 e. The predicted octanol–water partition coefficient (Wildman–Crippen LogP) is 1.93. The van der Waals surface area contributed by atoms with Gasteiger partial charge in [0, 0.05) is 10.9 Å². The third-order valence-electron chi connectivity index (χ3n) is 2.66. The van der Waals surface area contributed by atoms with Gasteiger partial charge in [-0.2, -0.15) is 0 Å². The highest BCUT2D eigenvalue weighted by molar-refractivity contribution is 7.97. The van der Waals surface area contributed by atoms with E-state index in [0.717, 1.165) is 11.6 Å². The van der Waals surface area contributed by atoms with Crippen LogP contribution >= 0.6 is 11.9 Å². The molecule has 3 rings (SSSR count). The topological polar surface area (TPSA) is 35.5 Å². The maximum atomic E-state index is 9.37. The number of nitrogens with zero attached hydrogens (tertiary/aromatic N) is 1. The zero-order valence-corrected chi connectivity index (χ0v) is 8.55. The zero-order valence-electron chi connectivity index (χ0n) is 7.73. The molecule has 0 atom stereocenters. The van der Waals surface area contributed by atoms with Gasteiger partial charge in [0.05, 0.1) is 12.4 Å². The zero-order chi connectivity index (χ0) is 9.54. The Labute approximate surface area is 87.2 Å². The van der Waals surface area contributed by atoms with Gasteiger partial charge in [-0.3, -0.25) is 0 Å². The van der Waals surface area contributed by atoms with E-state index < -0.39 is 0 Å². The number of benzene rings is 1. The van der Waals surface area contributed by atoms with Crippen LogP contribution < -0.4 is 9.62 Å². The van der Waals surface area contributed by atoms with Gasteiger partial charge in [0.1, 0.15) is 5.75 Å². The molecule has 3 nitrogen and oxygen atoms in total. The Balaban J connectivity index is 2.01.